The lowest BCUT2D eigenvalue weighted by Gasteiger charge is -2.28. The molecule has 13 heavy (non-hydrogen) atoms. The average molecular weight is 197 g/mol. The molecule has 0 unspecified atom stereocenters. The van der Waals surface area contributed by atoms with E-state index in [4.69, 9.17) is 0 Å². The van der Waals surface area contributed by atoms with E-state index >= 15 is 0 Å². The smallest absolute Gasteiger partial charge is 0.392 e. The second-order valence-corrected chi connectivity index (χ2v) is 3.45. The van der Waals surface area contributed by atoms with E-state index in [1.165, 1.54) is 0 Å². The Morgan fingerprint density at radius 2 is 1.85 bits per heavy atom. The second-order valence-electron chi connectivity index (χ2n) is 3.45. The highest BCUT2D eigenvalue weighted by molar-refractivity contribution is 4.80. The van der Waals surface area contributed by atoms with Crippen molar-refractivity contribution in [3.05, 3.63) is 0 Å². The molecule has 1 fully saturated rings. The summed E-state index contributed by atoms with van der Waals surface area (Å²) < 4.78 is 35.4. The predicted octanol–water partition coefficient (Wildman–Crippen LogP) is 1.44. The molecule has 0 aliphatic heterocycles. The predicted molar refractivity (Wildman–Crippen MR) is 42.3 cm³/mol. The molecule has 2 atom stereocenters. The van der Waals surface area contributed by atoms with Gasteiger partial charge >= 0.3 is 6.18 Å². The van der Waals surface area contributed by atoms with E-state index in [0.717, 1.165) is 12.8 Å². The maximum atomic E-state index is 11.8. The third kappa shape index (κ3) is 3.95. The van der Waals surface area contributed by atoms with Gasteiger partial charge in [0.05, 0.1) is 12.6 Å². The molecule has 1 saturated carbocycles. The van der Waals surface area contributed by atoms with E-state index in [-0.39, 0.29) is 6.04 Å². The summed E-state index contributed by atoms with van der Waals surface area (Å²) in [5.41, 5.74) is 0. The molecule has 1 aliphatic rings. The van der Waals surface area contributed by atoms with Gasteiger partial charge in [0, 0.05) is 6.04 Å². The zero-order valence-electron chi connectivity index (χ0n) is 7.27. The van der Waals surface area contributed by atoms with Crippen LogP contribution in [0.25, 0.3) is 0 Å². The van der Waals surface area contributed by atoms with Gasteiger partial charge in [0.1, 0.15) is 0 Å². The minimum atomic E-state index is -4.18. The first kappa shape index (κ1) is 10.8. The van der Waals surface area contributed by atoms with Gasteiger partial charge in [0.2, 0.25) is 0 Å². The average Bonchev–Trinajstić information content (AvgIpc) is 2.01. The summed E-state index contributed by atoms with van der Waals surface area (Å²) in [4.78, 5) is 0. The Balaban J connectivity index is 2.27. The summed E-state index contributed by atoms with van der Waals surface area (Å²) in [5, 5.41) is 11.7. The highest BCUT2D eigenvalue weighted by atomic mass is 19.4. The molecule has 0 aromatic carbocycles. The Morgan fingerprint density at radius 1 is 1.23 bits per heavy atom. The summed E-state index contributed by atoms with van der Waals surface area (Å²) in [6.07, 6.45) is -1.75. The van der Waals surface area contributed by atoms with Gasteiger partial charge in [-0.25, -0.2) is 0 Å². The van der Waals surface area contributed by atoms with Gasteiger partial charge in [-0.3, -0.25) is 0 Å². The molecule has 78 valence electrons. The van der Waals surface area contributed by atoms with Crippen molar-refractivity contribution in [3.8, 4) is 0 Å². The van der Waals surface area contributed by atoms with Crippen molar-refractivity contribution in [2.24, 2.45) is 0 Å². The van der Waals surface area contributed by atoms with Gasteiger partial charge in [0.15, 0.2) is 0 Å². The molecule has 5 heteroatoms. The molecule has 1 rings (SSSR count). The van der Waals surface area contributed by atoms with Crippen LogP contribution in [-0.2, 0) is 0 Å². The number of nitrogens with one attached hydrogen (secondary N) is 1. The maximum absolute atomic E-state index is 11.8. The lowest BCUT2D eigenvalue weighted by atomic mass is 9.93. The fourth-order valence-electron chi connectivity index (χ4n) is 1.60. The van der Waals surface area contributed by atoms with E-state index < -0.39 is 18.8 Å². The van der Waals surface area contributed by atoms with Gasteiger partial charge in [-0.1, -0.05) is 12.8 Å². The van der Waals surface area contributed by atoms with Gasteiger partial charge in [-0.2, -0.15) is 13.2 Å². The molecule has 0 aromatic rings. The summed E-state index contributed by atoms with van der Waals surface area (Å²) >= 11 is 0. The van der Waals surface area contributed by atoms with Crippen LogP contribution in [0.4, 0.5) is 13.2 Å². The molecule has 0 bridgehead atoms. The normalized spacial score (nSPS) is 30.5. The van der Waals surface area contributed by atoms with Crippen molar-refractivity contribution in [2.45, 2.75) is 44.0 Å². The number of aliphatic hydroxyl groups is 1. The number of hydrogen-bond acceptors (Lipinski definition) is 2. The van der Waals surface area contributed by atoms with Crippen LogP contribution in [-0.4, -0.2) is 30.0 Å². The molecule has 1 aliphatic carbocycles. The van der Waals surface area contributed by atoms with Crippen LogP contribution in [0.15, 0.2) is 0 Å². The van der Waals surface area contributed by atoms with Gasteiger partial charge < -0.3 is 10.4 Å². The summed E-state index contributed by atoms with van der Waals surface area (Å²) in [6.45, 7) is -1.01. The standard InChI is InChI=1S/C8H14F3NO/c9-8(10,11)5-12-6-3-1-2-4-7(6)13/h6-7,12-13H,1-5H2/t6-,7-/m1/s1. The molecule has 0 spiro atoms. The molecule has 0 radical (unpaired) electrons. The van der Waals surface area contributed by atoms with Crippen LogP contribution in [0.3, 0.4) is 0 Å². The molecule has 2 N–H and O–H groups in total. The van der Waals surface area contributed by atoms with Crippen LogP contribution < -0.4 is 5.32 Å². The molecule has 0 heterocycles. The van der Waals surface area contributed by atoms with E-state index in [9.17, 15) is 18.3 Å². The SMILES string of the molecule is O[C@@H]1CCCC[C@H]1NCC(F)(F)F. The lowest BCUT2D eigenvalue weighted by Crippen LogP contribution is -2.45. The number of rotatable bonds is 2. The molecular weight excluding hydrogens is 183 g/mol. The fraction of sp³-hybridized carbons (Fsp3) is 1.00. The Labute approximate surface area is 75.1 Å². The monoisotopic (exact) mass is 197 g/mol. The zero-order valence-corrected chi connectivity index (χ0v) is 7.27. The Kier molecular flexibility index (Phi) is 3.55. The number of hydrogen-bond donors (Lipinski definition) is 2. The summed E-state index contributed by atoms with van der Waals surface area (Å²) in [7, 11) is 0. The van der Waals surface area contributed by atoms with Gasteiger partial charge in [-0.15, -0.1) is 0 Å². The summed E-state index contributed by atoms with van der Waals surface area (Å²) in [6, 6.07) is -0.379. The van der Waals surface area contributed by atoms with Crippen molar-refractivity contribution in [3.63, 3.8) is 0 Å². The first-order chi connectivity index (χ1) is 5.99. The largest absolute Gasteiger partial charge is 0.401 e. The minimum absolute atomic E-state index is 0.379. The van der Waals surface area contributed by atoms with Gasteiger partial charge in [0.25, 0.3) is 0 Å². The van der Waals surface area contributed by atoms with Crippen LogP contribution in [0.5, 0.6) is 0 Å². The minimum Gasteiger partial charge on any atom is -0.392 e. The van der Waals surface area contributed by atoms with Crippen molar-refractivity contribution in [2.75, 3.05) is 6.54 Å². The molecule has 0 amide bonds. The number of alkyl halides is 3. The maximum Gasteiger partial charge on any atom is 0.401 e. The van der Waals surface area contributed by atoms with Crippen LogP contribution in [0.2, 0.25) is 0 Å². The Morgan fingerprint density at radius 3 is 2.38 bits per heavy atom. The van der Waals surface area contributed by atoms with Crippen molar-refractivity contribution < 1.29 is 18.3 Å². The third-order valence-electron chi connectivity index (χ3n) is 2.29. The summed E-state index contributed by atoms with van der Waals surface area (Å²) in [5.74, 6) is 0. The topological polar surface area (TPSA) is 32.3 Å². The second kappa shape index (κ2) is 4.28. The molecule has 2 nitrogen and oxygen atoms in total. The first-order valence-corrected chi connectivity index (χ1v) is 4.47. The lowest BCUT2D eigenvalue weighted by molar-refractivity contribution is -0.128. The fourth-order valence-corrected chi connectivity index (χ4v) is 1.60. The van der Waals surface area contributed by atoms with E-state index in [2.05, 4.69) is 5.32 Å². The van der Waals surface area contributed by atoms with E-state index in [1.54, 1.807) is 0 Å². The van der Waals surface area contributed by atoms with Crippen LogP contribution >= 0.6 is 0 Å². The highest BCUT2D eigenvalue weighted by Crippen LogP contribution is 2.20. The van der Waals surface area contributed by atoms with Crippen molar-refractivity contribution >= 4 is 0 Å². The van der Waals surface area contributed by atoms with Crippen molar-refractivity contribution in [1.82, 2.24) is 5.32 Å². The Bertz CT molecular complexity index is 160. The van der Waals surface area contributed by atoms with E-state index in [1.807, 2.05) is 0 Å². The first-order valence-electron chi connectivity index (χ1n) is 4.47. The zero-order chi connectivity index (χ0) is 9.90. The third-order valence-corrected chi connectivity index (χ3v) is 2.29. The van der Waals surface area contributed by atoms with Crippen LogP contribution in [0, 0.1) is 0 Å². The molecular formula is C8H14F3NO. The highest BCUT2D eigenvalue weighted by Gasteiger charge is 2.30. The van der Waals surface area contributed by atoms with Crippen LogP contribution in [0.1, 0.15) is 25.7 Å². The molecule has 0 saturated heterocycles. The number of aliphatic hydroxyl groups excluding tert-OH is 1. The van der Waals surface area contributed by atoms with E-state index in [0.29, 0.717) is 12.8 Å². The quantitative estimate of drug-likeness (QED) is 0.702. The molecule has 0 aromatic heterocycles. The van der Waals surface area contributed by atoms with Gasteiger partial charge in [-0.05, 0) is 12.8 Å². The Hall–Kier alpha value is -0.290. The number of halogens is 3. The van der Waals surface area contributed by atoms with Crippen molar-refractivity contribution in [1.29, 1.82) is 0 Å².